The van der Waals surface area contributed by atoms with Crippen molar-refractivity contribution in [1.29, 1.82) is 0 Å². The van der Waals surface area contributed by atoms with Gasteiger partial charge in [-0.15, -0.1) is 0 Å². The Labute approximate surface area is 103 Å². The Morgan fingerprint density at radius 3 is 2.24 bits per heavy atom. The highest BCUT2D eigenvalue weighted by Crippen LogP contribution is 2.32. The quantitative estimate of drug-likeness (QED) is 0.817. The molecule has 17 heavy (non-hydrogen) atoms. The molecule has 1 fully saturated rings. The maximum absolute atomic E-state index is 13.7. The van der Waals surface area contributed by atoms with Crippen LogP contribution in [0.1, 0.15) is 56.6 Å². The minimum atomic E-state index is -0.151. The molecule has 2 heteroatoms. The lowest BCUT2D eigenvalue weighted by molar-refractivity contribution is 0.322. The molecule has 1 saturated carbocycles. The minimum absolute atomic E-state index is 0.130. The summed E-state index contributed by atoms with van der Waals surface area (Å²) in [6.45, 7) is 0. The van der Waals surface area contributed by atoms with Crippen LogP contribution in [0.15, 0.2) is 24.3 Å². The van der Waals surface area contributed by atoms with E-state index in [1.165, 1.54) is 38.2 Å². The molecule has 1 atom stereocenters. The molecule has 1 aromatic rings. The number of hydrogen-bond donors (Lipinski definition) is 1. The second-order valence-corrected chi connectivity index (χ2v) is 5.15. The van der Waals surface area contributed by atoms with Gasteiger partial charge in [0.05, 0.1) is 0 Å². The second-order valence-electron chi connectivity index (χ2n) is 5.15. The predicted molar refractivity (Wildman–Crippen MR) is 69.1 cm³/mol. The SMILES string of the molecule is NC(c1ccccc1F)C1CCCCCCC1. The zero-order chi connectivity index (χ0) is 12.1. The summed E-state index contributed by atoms with van der Waals surface area (Å²) in [5, 5.41) is 0. The Hall–Kier alpha value is -0.890. The lowest BCUT2D eigenvalue weighted by Crippen LogP contribution is -2.23. The van der Waals surface area contributed by atoms with E-state index >= 15 is 0 Å². The first-order chi connectivity index (χ1) is 8.29. The summed E-state index contributed by atoms with van der Waals surface area (Å²) in [6.07, 6.45) is 8.74. The van der Waals surface area contributed by atoms with Crippen molar-refractivity contribution in [2.75, 3.05) is 0 Å². The highest BCUT2D eigenvalue weighted by atomic mass is 19.1. The van der Waals surface area contributed by atoms with Crippen molar-refractivity contribution in [1.82, 2.24) is 0 Å². The molecule has 0 saturated heterocycles. The van der Waals surface area contributed by atoms with Crippen LogP contribution >= 0.6 is 0 Å². The molecule has 1 aliphatic carbocycles. The number of rotatable bonds is 2. The molecule has 94 valence electrons. The van der Waals surface area contributed by atoms with E-state index in [-0.39, 0.29) is 11.9 Å². The normalized spacial score (nSPS) is 20.6. The van der Waals surface area contributed by atoms with Crippen molar-refractivity contribution in [2.24, 2.45) is 11.7 Å². The van der Waals surface area contributed by atoms with Crippen LogP contribution in [0, 0.1) is 11.7 Å². The Bertz CT molecular complexity index is 343. The van der Waals surface area contributed by atoms with E-state index in [9.17, 15) is 4.39 Å². The molecule has 1 aliphatic rings. The van der Waals surface area contributed by atoms with E-state index in [2.05, 4.69) is 0 Å². The zero-order valence-electron chi connectivity index (χ0n) is 10.4. The Balaban J connectivity index is 2.07. The molecule has 1 aromatic carbocycles. The lowest BCUT2D eigenvalue weighted by Gasteiger charge is -2.26. The number of nitrogens with two attached hydrogens (primary N) is 1. The minimum Gasteiger partial charge on any atom is -0.324 e. The number of hydrogen-bond acceptors (Lipinski definition) is 1. The molecule has 2 N–H and O–H groups in total. The Morgan fingerprint density at radius 1 is 1.00 bits per heavy atom. The van der Waals surface area contributed by atoms with Gasteiger partial charge in [0.1, 0.15) is 5.82 Å². The van der Waals surface area contributed by atoms with E-state index in [1.807, 2.05) is 12.1 Å². The second kappa shape index (κ2) is 6.15. The molecule has 0 spiro atoms. The number of benzene rings is 1. The van der Waals surface area contributed by atoms with Gasteiger partial charge < -0.3 is 5.73 Å². The third-order valence-electron chi connectivity index (χ3n) is 3.92. The topological polar surface area (TPSA) is 26.0 Å². The third-order valence-corrected chi connectivity index (χ3v) is 3.92. The van der Waals surface area contributed by atoms with Gasteiger partial charge in [0, 0.05) is 11.6 Å². The van der Waals surface area contributed by atoms with Gasteiger partial charge in [0.15, 0.2) is 0 Å². The summed E-state index contributed by atoms with van der Waals surface area (Å²) < 4.78 is 13.7. The lowest BCUT2D eigenvalue weighted by atomic mass is 9.83. The average molecular weight is 235 g/mol. The van der Waals surface area contributed by atoms with E-state index < -0.39 is 0 Å². The predicted octanol–water partition coefficient (Wildman–Crippen LogP) is 4.19. The van der Waals surface area contributed by atoms with Crippen LogP contribution in [0.5, 0.6) is 0 Å². The zero-order valence-corrected chi connectivity index (χ0v) is 10.4. The maximum atomic E-state index is 13.7. The molecule has 1 nitrogen and oxygen atoms in total. The fourth-order valence-corrected chi connectivity index (χ4v) is 2.85. The van der Waals surface area contributed by atoms with E-state index in [1.54, 1.807) is 6.07 Å². The van der Waals surface area contributed by atoms with Gasteiger partial charge in [-0.05, 0) is 24.8 Å². The first-order valence-corrected chi connectivity index (χ1v) is 6.79. The molecule has 0 heterocycles. The van der Waals surface area contributed by atoms with Crippen LogP contribution in [0.4, 0.5) is 4.39 Å². The largest absolute Gasteiger partial charge is 0.324 e. The van der Waals surface area contributed by atoms with E-state index in [4.69, 9.17) is 5.73 Å². The molecule has 1 unspecified atom stereocenters. The summed E-state index contributed by atoms with van der Waals surface area (Å²) in [6, 6.07) is 6.82. The standard InChI is InChI=1S/C15H22FN/c16-14-11-7-6-10-13(14)15(17)12-8-4-2-1-3-5-9-12/h6-7,10-12,15H,1-5,8-9,17H2. The molecule has 0 radical (unpaired) electrons. The first-order valence-electron chi connectivity index (χ1n) is 6.79. The Morgan fingerprint density at radius 2 is 1.59 bits per heavy atom. The van der Waals surface area contributed by atoms with Gasteiger partial charge in [0.25, 0.3) is 0 Å². The fourth-order valence-electron chi connectivity index (χ4n) is 2.85. The van der Waals surface area contributed by atoms with Crippen LogP contribution in [0.25, 0.3) is 0 Å². The van der Waals surface area contributed by atoms with Crippen LogP contribution in [-0.2, 0) is 0 Å². The molecule has 0 bridgehead atoms. The average Bonchev–Trinajstić information content (AvgIpc) is 2.28. The summed E-state index contributed by atoms with van der Waals surface area (Å²) in [4.78, 5) is 0. The van der Waals surface area contributed by atoms with Gasteiger partial charge in [0.2, 0.25) is 0 Å². The molecule has 2 rings (SSSR count). The molecule has 0 aromatic heterocycles. The molecule has 0 amide bonds. The third kappa shape index (κ3) is 3.29. The highest BCUT2D eigenvalue weighted by molar-refractivity contribution is 5.21. The van der Waals surface area contributed by atoms with Crippen molar-refractivity contribution >= 4 is 0 Å². The van der Waals surface area contributed by atoms with Crippen molar-refractivity contribution in [2.45, 2.75) is 51.0 Å². The van der Waals surface area contributed by atoms with E-state index in [0.29, 0.717) is 11.5 Å². The summed E-state index contributed by atoms with van der Waals surface area (Å²) in [5.41, 5.74) is 6.94. The number of halogens is 1. The van der Waals surface area contributed by atoms with Crippen molar-refractivity contribution < 1.29 is 4.39 Å². The van der Waals surface area contributed by atoms with Gasteiger partial charge >= 0.3 is 0 Å². The fraction of sp³-hybridized carbons (Fsp3) is 0.600. The van der Waals surface area contributed by atoms with Crippen LogP contribution in [0.2, 0.25) is 0 Å². The van der Waals surface area contributed by atoms with Crippen LogP contribution < -0.4 is 5.73 Å². The van der Waals surface area contributed by atoms with Crippen molar-refractivity contribution in [3.63, 3.8) is 0 Å². The van der Waals surface area contributed by atoms with Gasteiger partial charge in [-0.2, -0.15) is 0 Å². The summed E-state index contributed by atoms with van der Waals surface area (Å²) in [5.74, 6) is 0.300. The van der Waals surface area contributed by atoms with Gasteiger partial charge in [-0.25, -0.2) is 4.39 Å². The maximum Gasteiger partial charge on any atom is 0.127 e. The van der Waals surface area contributed by atoms with Crippen LogP contribution in [0.3, 0.4) is 0 Å². The molecular weight excluding hydrogens is 213 g/mol. The van der Waals surface area contributed by atoms with Gasteiger partial charge in [-0.1, -0.05) is 50.3 Å². The van der Waals surface area contributed by atoms with Gasteiger partial charge in [-0.3, -0.25) is 0 Å². The van der Waals surface area contributed by atoms with Crippen molar-refractivity contribution in [3.05, 3.63) is 35.6 Å². The molecule has 0 aliphatic heterocycles. The van der Waals surface area contributed by atoms with Crippen molar-refractivity contribution in [3.8, 4) is 0 Å². The summed E-state index contributed by atoms with van der Waals surface area (Å²) in [7, 11) is 0. The van der Waals surface area contributed by atoms with E-state index in [0.717, 1.165) is 12.8 Å². The van der Waals surface area contributed by atoms with Crippen LogP contribution in [-0.4, -0.2) is 0 Å². The molecular formula is C15H22FN. The Kier molecular flexibility index (Phi) is 4.55. The monoisotopic (exact) mass is 235 g/mol. The summed E-state index contributed by atoms with van der Waals surface area (Å²) >= 11 is 0. The highest BCUT2D eigenvalue weighted by Gasteiger charge is 2.22. The first kappa shape index (κ1) is 12.6. The smallest absolute Gasteiger partial charge is 0.127 e.